The molecule has 0 aliphatic heterocycles. The van der Waals surface area contributed by atoms with E-state index in [2.05, 4.69) is 52.0 Å². The Hall–Kier alpha value is -2.82. The lowest BCUT2D eigenvalue weighted by atomic mass is 10.1. The van der Waals surface area contributed by atoms with Crippen LogP contribution in [0.1, 0.15) is 17.5 Å². The quantitative estimate of drug-likeness (QED) is 0.407. The maximum atomic E-state index is 11.8. The Labute approximate surface area is 162 Å². The van der Waals surface area contributed by atoms with E-state index in [0.29, 0.717) is 5.96 Å². The SMILES string of the molecule is CN(C)C(=O)CN=C(NCCCc1ccccc1)NCCc1ccccc1. The minimum absolute atomic E-state index is 0.0107. The summed E-state index contributed by atoms with van der Waals surface area (Å²) < 4.78 is 0. The third kappa shape index (κ3) is 8.40. The number of aliphatic imine (C=N–C) groups is 1. The summed E-state index contributed by atoms with van der Waals surface area (Å²) in [6.07, 6.45) is 2.93. The van der Waals surface area contributed by atoms with E-state index in [1.54, 1.807) is 19.0 Å². The predicted molar refractivity (Wildman–Crippen MR) is 112 cm³/mol. The lowest BCUT2D eigenvalue weighted by Gasteiger charge is -2.14. The second-order valence-corrected chi connectivity index (χ2v) is 6.63. The molecule has 2 aromatic rings. The first kappa shape index (κ1) is 20.5. The van der Waals surface area contributed by atoms with Crippen LogP contribution >= 0.6 is 0 Å². The molecule has 1 amide bonds. The van der Waals surface area contributed by atoms with Gasteiger partial charge in [-0.05, 0) is 30.4 Å². The number of nitrogens with one attached hydrogen (secondary N) is 2. The highest BCUT2D eigenvalue weighted by Crippen LogP contribution is 2.01. The van der Waals surface area contributed by atoms with Crippen LogP contribution in [0, 0.1) is 0 Å². The van der Waals surface area contributed by atoms with Crippen LogP contribution in [0.3, 0.4) is 0 Å². The fourth-order valence-corrected chi connectivity index (χ4v) is 2.58. The number of nitrogens with zero attached hydrogens (tertiary/aromatic N) is 2. The van der Waals surface area contributed by atoms with Gasteiger partial charge >= 0.3 is 0 Å². The van der Waals surface area contributed by atoms with Gasteiger partial charge in [0.05, 0.1) is 0 Å². The van der Waals surface area contributed by atoms with E-state index in [1.165, 1.54) is 11.1 Å². The van der Waals surface area contributed by atoms with Gasteiger partial charge < -0.3 is 15.5 Å². The molecule has 0 radical (unpaired) electrons. The van der Waals surface area contributed by atoms with Gasteiger partial charge in [-0.15, -0.1) is 0 Å². The van der Waals surface area contributed by atoms with Crippen LogP contribution < -0.4 is 10.6 Å². The molecule has 0 bridgehead atoms. The zero-order valence-corrected chi connectivity index (χ0v) is 16.3. The molecule has 0 atom stereocenters. The van der Waals surface area contributed by atoms with Crippen LogP contribution in [0.5, 0.6) is 0 Å². The number of hydrogen-bond donors (Lipinski definition) is 2. The normalized spacial score (nSPS) is 11.1. The van der Waals surface area contributed by atoms with Gasteiger partial charge in [-0.2, -0.15) is 0 Å². The van der Waals surface area contributed by atoms with E-state index in [1.807, 2.05) is 24.3 Å². The number of carbonyl (C=O) groups excluding carboxylic acids is 1. The summed E-state index contributed by atoms with van der Waals surface area (Å²) in [6.45, 7) is 1.72. The van der Waals surface area contributed by atoms with Gasteiger partial charge in [-0.3, -0.25) is 4.79 Å². The fraction of sp³-hybridized carbons (Fsp3) is 0.364. The van der Waals surface area contributed by atoms with Gasteiger partial charge in [0.1, 0.15) is 6.54 Å². The highest BCUT2D eigenvalue weighted by Gasteiger charge is 2.04. The van der Waals surface area contributed by atoms with Gasteiger partial charge in [0.15, 0.2) is 5.96 Å². The molecule has 0 unspecified atom stereocenters. The van der Waals surface area contributed by atoms with Gasteiger partial charge in [-0.25, -0.2) is 4.99 Å². The van der Waals surface area contributed by atoms with E-state index in [0.717, 1.165) is 32.4 Å². The maximum Gasteiger partial charge on any atom is 0.243 e. The molecule has 27 heavy (non-hydrogen) atoms. The van der Waals surface area contributed by atoms with Crippen molar-refractivity contribution in [1.82, 2.24) is 15.5 Å². The van der Waals surface area contributed by atoms with Gasteiger partial charge in [0.25, 0.3) is 0 Å². The third-order valence-electron chi connectivity index (χ3n) is 4.20. The summed E-state index contributed by atoms with van der Waals surface area (Å²) in [5.41, 5.74) is 2.61. The van der Waals surface area contributed by atoms with E-state index < -0.39 is 0 Å². The van der Waals surface area contributed by atoms with E-state index in [-0.39, 0.29) is 12.5 Å². The van der Waals surface area contributed by atoms with Crippen molar-refractivity contribution in [3.05, 3.63) is 71.8 Å². The van der Waals surface area contributed by atoms with Gasteiger partial charge in [0, 0.05) is 27.2 Å². The molecule has 2 N–H and O–H groups in total. The van der Waals surface area contributed by atoms with Crippen LogP contribution in [-0.4, -0.2) is 50.5 Å². The zero-order chi connectivity index (χ0) is 19.3. The molecule has 144 valence electrons. The largest absolute Gasteiger partial charge is 0.356 e. The summed E-state index contributed by atoms with van der Waals surface area (Å²) in [7, 11) is 3.49. The zero-order valence-electron chi connectivity index (χ0n) is 16.3. The molecule has 0 aromatic heterocycles. The number of rotatable bonds is 9. The minimum Gasteiger partial charge on any atom is -0.356 e. The van der Waals surface area contributed by atoms with Crippen LogP contribution in [0.15, 0.2) is 65.7 Å². The average molecular weight is 367 g/mol. The summed E-state index contributed by atoms with van der Waals surface area (Å²) in [5, 5.41) is 6.67. The molecule has 0 spiro atoms. The van der Waals surface area contributed by atoms with Crippen LogP contribution in [0.25, 0.3) is 0 Å². The highest BCUT2D eigenvalue weighted by molar-refractivity contribution is 5.84. The van der Waals surface area contributed by atoms with Crippen molar-refractivity contribution in [3.63, 3.8) is 0 Å². The Morgan fingerprint density at radius 2 is 1.41 bits per heavy atom. The molecule has 0 heterocycles. The average Bonchev–Trinajstić information content (AvgIpc) is 2.70. The summed E-state index contributed by atoms with van der Waals surface area (Å²) in [4.78, 5) is 17.8. The van der Waals surface area contributed by atoms with Crippen molar-refractivity contribution in [1.29, 1.82) is 0 Å². The summed E-state index contributed by atoms with van der Waals surface area (Å²) in [6, 6.07) is 20.8. The fourth-order valence-electron chi connectivity index (χ4n) is 2.58. The van der Waals surface area contributed by atoms with Crippen LogP contribution in [-0.2, 0) is 17.6 Å². The molecule has 0 aliphatic carbocycles. The smallest absolute Gasteiger partial charge is 0.243 e. The van der Waals surface area contributed by atoms with E-state index in [4.69, 9.17) is 0 Å². The van der Waals surface area contributed by atoms with Crippen molar-refractivity contribution in [2.45, 2.75) is 19.3 Å². The van der Waals surface area contributed by atoms with Gasteiger partial charge in [-0.1, -0.05) is 60.7 Å². The van der Waals surface area contributed by atoms with Crippen LogP contribution in [0.4, 0.5) is 0 Å². The molecule has 0 saturated carbocycles. The summed E-state index contributed by atoms with van der Waals surface area (Å²) >= 11 is 0. The Morgan fingerprint density at radius 3 is 2.00 bits per heavy atom. The predicted octanol–water partition coefficient (Wildman–Crippen LogP) is 2.49. The molecule has 5 heteroatoms. The highest BCUT2D eigenvalue weighted by atomic mass is 16.2. The molecule has 0 aliphatic rings. The van der Waals surface area contributed by atoms with Crippen molar-refractivity contribution in [3.8, 4) is 0 Å². The number of amides is 1. The van der Waals surface area contributed by atoms with Crippen molar-refractivity contribution >= 4 is 11.9 Å². The Kier molecular flexibility index (Phi) is 8.90. The second-order valence-electron chi connectivity index (χ2n) is 6.63. The molecule has 5 nitrogen and oxygen atoms in total. The monoisotopic (exact) mass is 366 g/mol. The van der Waals surface area contributed by atoms with Gasteiger partial charge in [0.2, 0.25) is 5.91 Å². The number of benzene rings is 2. The minimum atomic E-state index is -0.0107. The molecule has 2 rings (SSSR count). The molecular weight excluding hydrogens is 336 g/mol. The molecule has 0 saturated heterocycles. The number of carbonyl (C=O) groups is 1. The second kappa shape index (κ2) is 11.7. The van der Waals surface area contributed by atoms with Crippen LogP contribution in [0.2, 0.25) is 0 Å². The number of hydrogen-bond acceptors (Lipinski definition) is 2. The van der Waals surface area contributed by atoms with Crippen molar-refractivity contribution in [2.75, 3.05) is 33.7 Å². The first-order valence-electron chi connectivity index (χ1n) is 9.45. The Balaban J connectivity index is 1.80. The lowest BCUT2D eigenvalue weighted by molar-refractivity contribution is -0.127. The number of aryl methyl sites for hydroxylation is 1. The first-order valence-corrected chi connectivity index (χ1v) is 9.45. The molecule has 2 aromatic carbocycles. The maximum absolute atomic E-state index is 11.8. The first-order chi connectivity index (χ1) is 13.1. The summed E-state index contributed by atoms with van der Waals surface area (Å²) in [5.74, 6) is 0.678. The lowest BCUT2D eigenvalue weighted by Crippen LogP contribution is -2.40. The van der Waals surface area contributed by atoms with E-state index in [9.17, 15) is 4.79 Å². The van der Waals surface area contributed by atoms with Crippen molar-refractivity contribution < 1.29 is 4.79 Å². The number of likely N-dealkylation sites (N-methyl/N-ethyl adjacent to an activating group) is 1. The number of guanidine groups is 1. The van der Waals surface area contributed by atoms with Crippen molar-refractivity contribution in [2.24, 2.45) is 4.99 Å². The standard InChI is InChI=1S/C22H30N4O/c1-26(2)21(27)18-25-22(24-17-15-20-12-7-4-8-13-20)23-16-9-14-19-10-5-3-6-11-19/h3-8,10-13H,9,14-18H2,1-2H3,(H2,23,24,25). The third-order valence-corrected chi connectivity index (χ3v) is 4.20. The molecular formula is C22H30N4O. The topological polar surface area (TPSA) is 56.7 Å². The molecule has 0 fully saturated rings. The Bertz CT molecular complexity index is 699. The Morgan fingerprint density at radius 1 is 0.852 bits per heavy atom. The van der Waals surface area contributed by atoms with E-state index >= 15 is 0 Å².